The number of nitrogens with one attached hydrogen (secondary N) is 1. The number of hydrogen-bond donors (Lipinski definition) is 1. The lowest BCUT2D eigenvalue weighted by atomic mass is 10.5. The monoisotopic (exact) mass is 177 g/mol. The van der Waals surface area contributed by atoms with E-state index >= 15 is 0 Å². The van der Waals surface area contributed by atoms with Crippen LogP contribution in [0.3, 0.4) is 0 Å². The standard InChI is InChI=1S/C7H7N5O/c1-5-8-2-6(3-9-5)12-4-10-11-7(12)13/h2-4H,1H3,(H,11,13). The summed E-state index contributed by atoms with van der Waals surface area (Å²) in [5.41, 5.74) is 0.303. The van der Waals surface area contributed by atoms with Gasteiger partial charge in [0.2, 0.25) is 0 Å². The Balaban J connectivity index is 2.54. The highest BCUT2D eigenvalue weighted by Crippen LogP contribution is 1.98. The quantitative estimate of drug-likeness (QED) is 0.646. The molecule has 0 fully saturated rings. The van der Waals surface area contributed by atoms with Crippen molar-refractivity contribution in [3.05, 3.63) is 35.0 Å². The van der Waals surface area contributed by atoms with Crippen molar-refractivity contribution < 1.29 is 0 Å². The third kappa shape index (κ3) is 1.33. The van der Waals surface area contributed by atoms with Gasteiger partial charge < -0.3 is 0 Å². The molecule has 6 nitrogen and oxygen atoms in total. The fourth-order valence-corrected chi connectivity index (χ4v) is 0.942. The Bertz CT molecular complexity index is 454. The number of aromatic nitrogens is 5. The van der Waals surface area contributed by atoms with Gasteiger partial charge in [0, 0.05) is 0 Å². The van der Waals surface area contributed by atoms with Gasteiger partial charge in [-0.2, -0.15) is 5.10 Å². The maximum atomic E-state index is 11.1. The minimum Gasteiger partial charge on any atom is -0.247 e. The zero-order chi connectivity index (χ0) is 9.26. The maximum absolute atomic E-state index is 11.1. The number of H-pyrrole nitrogens is 1. The van der Waals surface area contributed by atoms with E-state index in [4.69, 9.17) is 0 Å². The lowest BCUT2D eigenvalue weighted by molar-refractivity contribution is 0.937. The maximum Gasteiger partial charge on any atom is 0.347 e. The van der Waals surface area contributed by atoms with E-state index in [0.29, 0.717) is 11.5 Å². The minimum atomic E-state index is -0.299. The Morgan fingerprint density at radius 2 is 2.08 bits per heavy atom. The van der Waals surface area contributed by atoms with Crippen LogP contribution in [0.4, 0.5) is 0 Å². The van der Waals surface area contributed by atoms with Crippen LogP contribution < -0.4 is 5.69 Å². The van der Waals surface area contributed by atoms with Crippen LogP contribution in [0, 0.1) is 6.92 Å². The Morgan fingerprint density at radius 3 is 2.62 bits per heavy atom. The van der Waals surface area contributed by atoms with Crippen LogP contribution in [-0.2, 0) is 0 Å². The number of nitrogens with zero attached hydrogens (tertiary/aromatic N) is 4. The molecule has 0 aliphatic heterocycles. The molecule has 6 heteroatoms. The topological polar surface area (TPSA) is 76.5 Å². The van der Waals surface area contributed by atoms with Crippen molar-refractivity contribution in [1.29, 1.82) is 0 Å². The summed E-state index contributed by atoms with van der Waals surface area (Å²) in [5.74, 6) is 0.667. The van der Waals surface area contributed by atoms with Gasteiger partial charge >= 0.3 is 5.69 Å². The zero-order valence-corrected chi connectivity index (χ0v) is 6.93. The molecule has 0 atom stereocenters. The summed E-state index contributed by atoms with van der Waals surface area (Å²) < 4.78 is 1.33. The van der Waals surface area contributed by atoms with Gasteiger partial charge in [-0.1, -0.05) is 0 Å². The number of rotatable bonds is 1. The molecule has 0 radical (unpaired) electrons. The second-order valence-corrected chi connectivity index (χ2v) is 2.52. The first-order valence-electron chi connectivity index (χ1n) is 3.68. The van der Waals surface area contributed by atoms with Crippen LogP contribution >= 0.6 is 0 Å². The van der Waals surface area contributed by atoms with Crippen LogP contribution in [0.1, 0.15) is 5.82 Å². The predicted molar refractivity (Wildman–Crippen MR) is 44.5 cm³/mol. The predicted octanol–water partition coefficient (Wildman–Crippen LogP) is -0.341. The average Bonchev–Trinajstić information content (AvgIpc) is 2.53. The first-order chi connectivity index (χ1) is 6.27. The molecule has 0 saturated carbocycles. The van der Waals surface area contributed by atoms with Crippen molar-refractivity contribution in [2.75, 3.05) is 0 Å². The normalized spacial score (nSPS) is 10.2. The molecule has 0 unspecified atom stereocenters. The molecule has 0 amide bonds. The molecule has 0 aliphatic rings. The molecular formula is C7H7N5O. The second kappa shape index (κ2) is 2.81. The lowest BCUT2D eigenvalue weighted by Gasteiger charge is -1.97. The summed E-state index contributed by atoms with van der Waals surface area (Å²) in [6.07, 6.45) is 4.52. The van der Waals surface area contributed by atoms with Crippen molar-refractivity contribution >= 4 is 0 Å². The molecule has 66 valence electrons. The summed E-state index contributed by atoms with van der Waals surface area (Å²) in [6.45, 7) is 1.78. The number of hydrogen-bond acceptors (Lipinski definition) is 4. The smallest absolute Gasteiger partial charge is 0.247 e. The minimum absolute atomic E-state index is 0.299. The summed E-state index contributed by atoms with van der Waals surface area (Å²) in [7, 11) is 0. The van der Waals surface area contributed by atoms with Gasteiger partial charge in [0.1, 0.15) is 12.2 Å². The Morgan fingerprint density at radius 1 is 1.38 bits per heavy atom. The molecule has 2 aromatic heterocycles. The largest absolute Gasteiger partial charge is 0.347 e. The number of aromatic amines is 1. The van der Waals surface area contributed by atoms with E-state index in [0.717, 1.165) is 0 Å². The molecule has 0 bridgehead atoms. The first-order valence-corrected chi connectivity index (χ1v) is 3.68. The van der Waals surface area contributed by atoms with Crippen molar-refractivity contribution in [3.8, 4) is 5.69 Å². The van der Waals surface area contributed by atoms with Gasteiger partial charge in [-0.05, 0) is 6.92 Å². The lowest BCUT2D eigenvalue weighted by Crippen LogP contribution is -2.14. The second-order valence-electron chi connectivity index (χ2n) is 2.52. The van der Waals surface area contributed by atoms with Gasteiger partial charge in [0.15, 0.2) is 0 Å². The fourth-order valence-electron chi connectivity index (χ4n) is 0.942. The average molecular weight is 177 g/mol. The van der Waals surface area contributed by atoms with Crippen LogP contribution in [0.25, 0.3) is 5.69 Å². The summed E-state index contributed by atoms with van der Waals surface area (Å²) in [5, 5.41) is 5.87. The first kappa shape index (κ1) is 7.66. The molecule has 0 spiro atoms. The Kier molecular flexibility index (Phi) is 1.66. The van der Waals surface area contributed by atoms with Gasteiger partial charge in [-0.15, -0.1) is 0 Å². The fraction of sp³-hybridized carbons (Fsp3) is 0.143. The van der Waals surface area contributed by atoms with E-state index in [1.54, 1.807) is 19.3 Å². The van der Waals surface area contributed by atoms with E-state index in [-0.39, 0.29) is 5.69 Å². The molecule has 2 aromatic rings. The van der Waals surface area contributed by atoms with Crippen LogP contribution in [0.5, 0.6) is 0 Å². The van der Waals surface area contributed by atoms with Gasteiger partial charge in [0.05, 0.1) is 18.1 Å². The van der Waals surface area contributed by atoms with Gasteiger partial charge in [0.25, 0.3) is 0 Å². The molecular weight excluding hydrogens is 170 g/mol. The van der Waals surface area contributed by atoms with Crippen molar-refractivity contribution in [2.24, 2.45) is 0 Å². The molecule has 13 heavy (non-hydrogen) atoms. The van der Waals surface area contributed by atoms with Crippen molar-refractivity contribution in [3.63, 3.8) is 0 Å². The highest BCUT2D eigenvalue weighted by atomic mass is 16.1. The molecule has 2 rings (SSSR count). The van der Waals surface area contributed by atoms with Gasteiger partial charge in [-0.25, -0.2) is 24.4 Å². The molecule has 0 saturated heterocycles. The van der Waals surface area contributed by atoms with Crippen molar-refractivity contribution in [2.45, 2.75) is 6.92 Å². The van der Waals surface area contributed by atoms with E-state index in [1.165, 1.54) is 10.9 Å². The van der Waals surface area contributed by atoms with Crippen LogP contribution in [0.15, 0.2) is 23.5 Å². The highest BCUT2D eigenvalue weighted by Gasteiger charge is 2.00. The highest BCUT2D eigenvalue weighted by molar-refractivity contribution is 5.23. The summed E-state index contributed by atoms with van der Waals surface area (Å²) in [6, 6.07) is 0. The summed E-state index contributed by atoms with van der Waals surface area (Å²) in [4.78, 5) is 19.0. The van der Waals surface area contributed by atoms with Gasteiger partial charge in [-0.3, -0.25) is 0 Å². The molecule has 2 heterocycles. The van der Waals surface area contributed by atoms with Crippen LogP contribution in [-0.4, -0.2) is 24.7 Å². The molecule has 1 N–H and O–H groups in total. The van der Waals surface area contributed by atoms with E-state index < -0.39 is 0 Å². The van der Waals surface area contributed by atoms with Crippen molar-refractivity contribution in [1.82, 2.24) is 24.7 Å². The number of aryl methyl sites for hydroxylation is 1. The zero-order valence-electron chi connectivity index (χ0n) is 6.93. The third-order valence-electron chi connectivity index (χ3n) is 1.60. The van der Waals surface area contributed by atoms with E-state index in [2.05, 4.69) is 20.2 Å². The Labute approximate surface area is 73.3 Å². The third-order valence-corrected chi connectivity index (χ3v) is 1.60. The van der Waals surface area contributed by atoms with E-state index in [9.17, 15) is 4.79 Å². The Hall–Kier alpha value is -1.98. The SMILES string of the molecule is Cc1ncc(-n2cn[nH]c2=O)cn1. The van der Waals surface area contributed by atoms with E-state index in [1.807, 2.05) is 0 Å². The molecule has 0 aliphatic carbocycles. The molecule has 0 aromatic carbocycles. The van der Waals surface area contributed by atoms with Crippen LogP contribution in [0.2, 0.25) is 0 Å². The summed E-state index contributed by atoms with van der Waals surface area (Å²) >= 11 is 0.